The average Bonchev–Trinajstić information content (AvgIpc) is 3.29. The maximum atomic E-state index is 2.49. The Kier molecular flexibility index (Phi) is 7.89. The van der Waals surface area contributed by atoms with Crippen molar-refractivity contribution >= 4 is 70.9 Å². The monoisotopic (exact) mass is 723 g/mol. The molecule has 0 aliphatic heterocycles. The smallest absolute Gasteiger partial charge is 0.0625 e. The Balaban J connectivity index is 1.18. The molecule has 0 aliphatic carbocycles. The Morgan fingerprint density at radius 2 is 0.754 bits per heavy atom. The second-order valence-electron chi connectivity index (χ2n) is 14.9. The first-order valence-electron chi connectivity index (χ1n) is 19.7. The maximum absolute atomic E-state index is 2.49. The molecular weight excluding hydrogens is 687 g/mol. The zero-order valence-corrected chi connectivity index (χ0v) is 31.3. The van der Waals surface area contributed by atoms with Crippen LogP contribution in [0.25, 0.3) is 87.2 Å². The summed E-state index contributed by atoms with van der Waals surface area (Å²) < 4.78 is 0. The molecule has 0 fully saturated rings. The molecule has 11 rings (SSSR count). The molecular formula is C56H37N. The van der Waals surface area contributed by atoms with Gasteiger partial charge in [0, 0.05) is 22.3 Å². The van der Waals surface area contributed by atoms with Gasteiger partial charge in [-0.15, -0.1) is 0 Å². The van der Waals surface area contributed by atoms with Crippen molar-refractivity contribution in [3.8, 4) is 33.4 Å². The van der Waals surface area contributed by atoms with E-state index in [4.69, 9.17) is 0 Å². The highest BCUT2D eigenvalue weighted by Crippen LogP contribution is 2.51. The van der Waals surface area contributed by atoms with Crippen LogP contribution >= 0.6 is 0 Å². The van der Waals surface area contributed by atoms with Gasteiger partial charge in [-0.25, -0.2) is 0 Å². The van der Waals surface area contributed by atoms with Crippen molar-refractivity contribution in [2.75, 3.05) is 4.90 Å². The lowest BCUT2D eigenvalue weighted by molar-refractivity contribution is 1.30. The third-order valence-corrected chi connectivity index (χ3v) is 11.6. The molecule has 0 unspecified atom stereocenters. The molecule has 0 N–H and O–H groups in total. The summed E-state index contributed by atoms with van der Waals surface area (Å²) in [7, 11) is 0. The van der Waals surface area contributed by atoms with Gasteiger partial charge in [-0.2, -0.15) is 0 Å². The minimum absolute atomic E-state index is 1.10. The van der Waals surface area contributed by atoms with Gasteiger partial charge in [0.15, 0.2) is 0 Å². The topological polar surface area (TPSA) is 3.24 Å². The Morgan fingerprint density at radius 3 is 1.54 bits per heavy atom. The van der Waals surface area contributed by atoms with Crippen molar-refractivity contribution in [1.82, 2.24) is 0 Å². The van der Waals surface area contributed by atoms with Gasteiger partial charge in [0.25, 0.3) is 0 Å². The number of nitrogens with zero attached hydrogens (tertiary/aromatic N) is 1. The van der Waals surface area contributed by atoms with Gasteiger partial charge in [0.05, 0.1) is 5.69 Å². The van der Waals surface area contributed by atoms with Crippen molar-refractivity contribution in [2.24, 2.45) is 0 Å². The molecule has 0 bridgehead atoms. The Morgan fingerprint density at radius 1 is 0.246 bits per heavy atom. The highest BCUT2D eigenvalue weighted by atomic mass is 15.1. The average molecular weight is 724 g/mol. The molecule has 266 valence electrons. The van der Waals surface area contributed by atoms with Crippen LogP contribution in [0.4, 0.5) is 17.1 Å². The number of hydrogen-bond donors (Lipinski definition) is 0. The molecule has 0 amide bonds. The molecule has 0 saturated carbocycles. The van der Waals surface area contributed by atoms with Crippen LogP contribution in [0.2, 0.25) is 0 Å². The van der Waals surface area contributed by atoms with Crippen molar-refractivity contribution < 1.29 is 0 Å². The normalized spacial score (nSPS) is 11.5. The van der Waals surface area contributed by atoms with Crippen LogP contribution in [0.3, 0.4) is 0 Å². The standard InChI is InChI=1S/C56H37N/c1-2-14-38(15-3-1)42-19-12-20-46(37-42)57(45-33-30-39(31-34-45)43-32-35-49-44(36-43)29-28-41-17-5-6-21-47(41)49)56-54-26-11-9-24-51(54)50-23-8-10-25-53(50)55(56)52-27-13-18-40-16-4-7-22-48(40)52/h1-37H. The van der Waals surface area contributed by atoms with Crippen LogP contribution in [0, 0.1) is 0 Å². The lowest BCUT2D eigenvalue weighted by Gasteiger charge is -2.31. The van der Waals surface area contributed by atoms with Crippen molar-refractivity contribution in [3.63, 3.8) is 0 Å². The van der Waals surface area contributed by atoms with E-state index in [1.807, 2.05) is 0 Å². The number of anilines is 3. The Bertz CT molecular complexity index is 3280. The van der Waals surface area contributed by atoms with Gasteiger partial charge < -0.3 is 4.90 Å². The van der Waals surface area contributed by atoms with E-state index in [0.29, 0.717) is 0 Å². The maximum Gasteiger partial charge on any atom is 0.0625 e. The largest absolute Gasteiger partial charge is 0.309 e. The minimum atomic E-state index is 1.10. The number of benzene rings is 11. The van der Waals surface area contributed by atoms with Gasteiger partial charge >= 0.3 is 0 Å². The molecule has 0 atom stereocenters. The van der Waals surface area contributed by atoms with E-state index < -0.39 is 0 Å². The summed E-state index contributed by atoms with van der Waals surface area (Å²) in [6, 6.07) is 82.2. The highest BCUT2D eigenvalue weighted by molar-refractivity contribution is 6.24. The fourth-order valence-electron chi connectivity index (χ4n) is 8.93. The molecule has 0 aliphatic rings. The van der Waals surface area contributed by atoms with Gasteiger partial charge in [-0.1, -0.05) is 194 Å². The van der Waals surface area contributed by atoms with Gasteiger partial charge in [0.2, 0.25) is 0 Å². The van der Waals surface area contributed by atoms with E-state index >= 15 is 0 Å². The zero-order chi connectivity index (χ0) is 37.7. The Labute approximate surface area is 332 Å². The van der Waals surface area contributed by atoms with Crippen LogP contribution in [0.15, 0.2) is 224 Å². The number of hydrogen-bond acceptors (Lipinski definition) is 1. The first kappa shape index (κ1) is 32.9. The van der Waals surface area contributed by atoms with Gasteiger partial charge in [-0.05, 0) is 107 Å². The molecule has 57 heavy (non-hydrogen) atoms. The summed E-state index contributed by atoms with van der Waals surface area (Å²) in [5, 5.41) is 12.5. The van der Waals surface area contributed by atoms with Crippen molar-refractivity contribution in [2.45, 2.75) is 0 Å². The van der Waals surface area contributed by atoms with Crippen LogP contribution in [-0.2, 0) is 0 Å². The molecule has 0 saturated heterocycles. The molecule has 1 nitrogen and oxygen atoms in total. The number of fused-ring (bicyclic) bond motifs is 7. The lowest BCUT2D eigenvalue weighted by atomic mass is 9.88. The molecule has 1 heteroatoms. The van der Waals surface area contributed by atoms with Gasteiger partial charge in [-0.3, -0.25) is 0 Å². The highest BCUT2D eigenvalue weighted by Gasteiger charge is 2.25. The minimum Gasteiger partial charge on any atom is -0.309 e. The predicted molar refractivity (Wildman–Crippen MR) is 245 cm³/mol. The number of rotatable bonds is 6. The molecule has 0 heterocycles. The van der Waals surface area contributed by atoms with E-state index in [1.54, 1.807) is 0 Å². The second-order valence-corrected chi connectivity index (χ2v) is 14.9. The predicted octanol–water partition coefficient (Wildman–Crippen LogP) is 15.9. The van der Waals surface area contributed by atoms with Crippen molar-refractivity contribution in [1.29, 1.82) is 0 Å². The summed E-state index contributed by atoms with van der Waals surface area (Å²) in [6.45, 7) is 0. The lowest BCUT2D eigenvalue weighted by Crippen LogP contribution is -2.12. The van der Waals surface area contributed by atoms with Crippen LogP contribution < -0.4 is 4.90 Å². The summed E-state index contributed by atoms with van der Waals surface area (Å²) in [5.74, 6) is 0. The molecule has 0 radical (unpaired) electrons. The fraction of sp³-hybridized carbons (Fsp3) is 0. The SMILES string of the molecule is c1ccc(-c2cccc(N(c3ccc(-c4ccc5c(ccc6ccccc65)c4)cc3)c3c(-c4cccc5ccccc45)c4ccccc4c4ccccc34)c2)cc1. The van der Waals surface area contributed by atoms with Crippen LogP contribution in [-0.4, -0.2) is 0 Å². The van der Waals surface area contributed by atoms with Crippen LogP contribution in [0.1, 0.15) is 0 Å². The quantitative estimate of drug-likeness (QED) is 0.154. The first-order chi connectivity index (χ1) is 28.3. The first-order valence-corrected chi connectivity index (χ1v) is 19.7. The Hall–Kier alpha value is -7.48. The summed E-state index contributed by atoms with van der Waals surface area (Å²) >= 11 is 0. The molecule has 11 aromatic carbocycles. The fourth-order valence-corrected chi connectivity index (χ4v) is 8.93. The van der Waals surface area contributed by atoms with E-state index in [2.05, 4.69) is 229 Å². The van der Waals surface area contributed by atoms with Crippen LogP contribution in [0.5, 0.6) is 0 Å². The van der Waals surface area contributed by atoms with E-state index in [-0.39, 0.29) is 0 Å². The van der Waals surface area contributed by atoms with Gasteiger partial charge in [0.1, 0.15) is 0 Å². The van der Waals surface area contributed by atoms with Crippen molar-refractivity contribution in [3.05, 3.63) is 224 Å². The molecule has 11 aromatic rings. The summed E-state index contributed by atoms with van der Waals surface area (Å²) in [5.41, 5.74) is 10.6. The zero-order valence-electron chi connectivity index (χ0n) is 31.3. The van der Waals surface area contributed by atoms with E-state index in [1.165, 1.54) is 87.2 Å². The molecule has 0 aromatic heterocycles. The third kappa shape index (κ3) is 5.63. The molecule has 0 spiro atoms. The van der Waals surface area contributed by atoms with E-state index in [0.717, 1.165) is 17.1 Å². The second kappa shape index (κ2) is 13.7. The van der Waals surface area contributed by atoms with E-state index in [9.17, 15) is 0 Å². The third-order valence-electron chi connectivity index (χ3n) is 11.6. The summed E-state index contributed by atoms with van der Waals surface area (Å²) in [6.07, 6.45) is 0. The summed E-state index contributed by atoms with van der Waals surface area (Å²) in [4.78, 5) is 2.49.